The number of ether oxygens (including phenoxy) is 2. The fourth-order valence-electron chi connectivity index (χ4n) is 5.50. The molecule has 0 bridgehead atoms. The molecule has 4 rings (SSSR count). The summed E-state index contributed by atoms with van der Waals surface area (Å²) in [5.41, 5.74) is -0.461. The van der Waals surface area contributed by atoms with Gasteiger partial charge in [0.05, 0.1) is 42.3 Å². The van der Waals surface area contributed by atoms with E-state index < -0.39 is 45.8 Å². The number of alkyl halides is 3. The average molecular weight is 739 g/mol. The van der Waals surface area contributed by atoms with Crippen LogP contribution in [0.25, 0.3) is 0 Å². The summed E-state index contributed by atoms with van der Waals surface area (Å²) < 4.78 is 81.5. The van der Waals surface area contributed by atoms with Gasteiger partial charge in [-0.1, -0.05) is 6.92 Å². The van der Waals surface area contributed by atoms with E-state index in [9.17, 15) is 36.3 Å². The van der Waals surface area contributed by atoms with Crippen molar-refractivity contribution in [2.75, 3.05) is 43.4 Å². The standard InChI is InChI=1S/C34H45F3N6O7S/c1-22-17-43(23(2)20-44)32(45)28-16-27(40-51(47,48)31-19-41(4)21-38-31)13-14-29(28)50-24(3)8-6-7-15-49-30(22)18-42(5)33(46)39-26-11-9-25(10-12-26)34(35,36)37/h9-14,16,19,21-24,30,40,44H,6-8,15,17-18,20H2,1-5H3,(H,39,46)/t22-,23-,24+,30+/m1/s1. The van der Waals surface area contributed by atoms with Gasteiger partial charge in [0, 0.05) is 57.3 Å². The summed E-state index contributed by atoms with van der Waals surface area (Å²) in [4.78, 5) is 34.1. The molecule has 13 nitrogen and oxygen atoms in total. The molecule has 0 saturated heterocycles. The Bertz CT molecular complexity index is 1750. The molecule has 280 valence electrons. The number of fused-ring (bicyclic) bond motifs is 1. The van der Waals surface area contributed by atoms with Crippen molar-refractivity contribution in [1.29, 1.82) is 0 Å². The van der Waals surface area contributed by atoms with Gasteiger partial charge in [0.2, 0.25) is 0 Å². The van der Waals surface area contributed by atoms with E-state index in [1.54, 1.807) is 14.0 Å². The Labute approximate surface area is 295 Å². The number of anilines is 2. The van der Waals surface area contributed by atoms with E-state index in [0.717, 1.165) is 18.6 Å². The van der Waals surface area contributed by atoms with Gasteiger partial charge in [0.25, 0.3) is 15.9 Å². The van der Waals surface area contributed by atoms with Gasteiger partial charge in [-0.15, -0.1) is 0 Å². The first kappa shape index (κ1) is 39.4. The number of aromatic nitrogens is 2. The van der Waals surface area contributed by atoms with Crippen molar-refractivity contribution in [1.82, 2.24) is 19.4 Å². The van der Waals surface area contributed by atoms with Crippen LogP contribution in [0.2, 0.25) is 0 Å². The van der Waals surface area contributed by atoms with Crippen LogP contribution < -0.4 is 14.8 Å². The zero-order chi connectivity index (χ0) is 37.5. The molecule has 1 aromatic heterocycles. The fraction of sp³-hybridized carbons (Fsp3) is 0.500. The summed E-state index contributed by atoms with van der Waals surface area (Å²) in [7, 11) is -0.912. The van der Waals surface area contributed by atoms with E-state index >= 15 is 0 Å². The molecule has 51 heavy (non-hydrogen) atoms. The number of aliphatic hydroxyl groups excluding tert-OH is 1. The van der Waals surface area contributed by atoms with Gasteiger partial charge in [-0.3, -0.25) is 9.52 Å². The molecular weight excluding hydrogens is 693 g/mol. The zero-order valence-electron chi connectivity index (χ0n) is 29.2. The number of hydrogen-bond acceptors (Lipinski definition) is 8. The third kappa shape index (κ3) is 10.6. The van der Waals surface area contributed by atoms with Crippen LogP contribution in [0.1, 0.15) is 56.0 Å². The maximum absolute atomic E-state index is 14.3. The van der Waals surface area contributed by atoms with E-state index in [4.69, 9.17) is 9.47 Å². The number of hydrogen-bond donors (Lipinski definition) is 3. The number of nitrogens with zero attached hydrogens (tertiary/aromatic N) is 4. The van der Waals surface area contributed by atoms with Gasteiger partial charge in [0.1, 0.15) is 5.75 Å². The van der Waals surface area contributed by atoms with Crippen molar-refractivity contribution in [2.24, 2.45) is 13.0 Å². The molecule has 1 aliphatic rings. The molecule has 3 aromatic rings. The Kier molecular flexibility index (Phi) is 13.0. The molecule has 2 heterocycles. The molecule has 4 atom stereocenters. The predicted octanol–water partition coefficient (Wildman–Crippen LogP) is 5.20. The number of likely N-dealkylation sites (N-methyl/N-ethyl adjacent to an activating group) is 1. The Hall–Kier alpha value is -4.35. The molecule has 1 aliphatic heterocycles. The number of rotatable bonds is 8. The number of urea groups is 1. The molecule has 17 heteroatoms. The molecular formula is C34H45F3N6O7S. The van der Waals surface area contributed by atoms with Gasteiger partial charge in [-0.25, -0.2) is 9.78 Å². The largest absolute Gasteiger partial charge is 0.490 e. The Morgan fingerprint density at radius 1 is 1.14 bits per heavy atom. The van der Waals surface area contributed by atoms with Crippen LogP contribution in [-0.4, -0.2) is 96.4 Å². The van der Waals surface area contributed by atoms with Gasteiger partial charge < -0.3 is 34.3 Å². The molecule has 0 spiro atoms. The third-order valence-corrected chi connectivity index (χ3v) is 9.79. The Morgan fingerprint density at radius 3 is 2.45 bits per heavy atom. The maximum Gasteiger partial charge on any atom is 0.416 e. The van der Waals surface area contributed by atoms with E-state index in [2.05, 4.69) is 15.0 Å². The topological polar surface area (TPSA) is 155 Å². The van der Waals surface area contributed by atoms with Crippen LogP contribution in [-0.2, 0) is 28.0 Å². The molecule has 0 fully saturated rings. The number of carbonyl (C=O) groups is 2. The number of sulfonamides is 1. The smallest absolute Gasteiger partial charge is 0.416 e. The van der Waals surface area contributed by atoms with E-state index in [1.807, 2.05) is 13.8 Å². The van der Waals surface area contributed by atoms with Gasteiger partial charge >= 0.3 is 12.2 Å². The van der Waals surface area contributed by atoms with Crippen molar-refractivity contribution in [2.45, 2.75) is 69.5 Å². The summed E-state index contributed by atoms with van der Waals surface area (Å²) >= 11 is 0. The third-order valence-electron chi connectivity index (χ3n) is 8.52. The van der Waals surface area contributed by atoms with Gasteiger partial charge in [-0.05, 0) is 75.6 Å². The zero-order valence-corrected chi connectivity index (χ0v) is 30.0. The molecule has 0 radical (unpaired) electrons. The van der Waals surface area contributed by atoms with Crippen molar-refractivity contribution >= 4 is 33.3 Å². The number of halogens is 3. The second-order valence-corrected chi connectivity index (χ2v) is 14.5. The number of benzene rings is 2. The lowest BCUT2D eigenvalue weighted by atomic mass is 10.0. The molecule has 0 aliphatic carbocycles. The van der Waals surface area contributed by atoms with Crippen molar-refractivity contribution in [3.05, 3.63) is 66.1 Å². The lowest BCUT2D eigenvalue weighted by molar-refractivity contribution is -0.137. The highest BCUT2D eigenvalue weighted by atomic mass is 32.2. The molecule has 2 aromatic carbocycles. The van der Waals surface area contributed by atoms with Crippen molar-refractivity contribution in [3.63, 3.8) is 0 Å². The van der Waals surface area contributed by atoms with Crippen LogP contribution in [0.4, 0.5) is 29.3 Å². The van der Waals surface area contributed by atoms with E-state index in [-0.39, 0.29) is 59.4 Å². The lowest BCUT2D eigenvalue weighted by Crippen LogP contribution is -2.48. The lowest BCUT2D eigenvalue weighted by Gasteiger charge is -2.35. The van der Waals surface area contributed by atoms with E-state index in [1.165, 1.54) is 64.3 Å². The summed E-state index contributed by atoms with van der Waals surface area (Å²) in [5, 5.41) is 12.6. The highest BCUT2D eigenvalue weighted by Crippen LogP contribution is 2.31. The van der Waals surface area contributed by atoms with Crippen molar-refractivity contribution in [3.8, 4) is 5.75 Å². The monoisotopic (exact) mass is 738 g/mol. The molecule has 0 saturated carbocycles. The highest BCUT2D eigenvalue weighted by Gasteiger charge is 2.32. The number of imidazole rings is 1. The van der Waals surface area contributed by atoms with Crippen LogP contribution in [0.15, 0.2) is 60.0 Å². The molecule has 3 N–H and O–H groups in total. The highest BCUT2D eigenvalue weighted by molar-refractivity contribution is 7.92. The first-order valence-electron chi connectivity index (χ1n) is 16.5. The van der Waals surface area contributed by atoms with Crippen LogP contribution in [0, 0.1) is 5.92 Å². The summed E-state index contributed by atoms with van der Waals surface area (Å²) in [6.45, 7) is 5.52. The van der Waals surface area contributed by atoms with E-state index in [0.29, 0.717) is 19.4 Å². The normalized spacial score (nSPS) is 20.1. The minimum absolute atomic E-state index is 0.0816. The maximum atomic E-state index is 14.3. The van der Waals surface area contributed by atoms with Crippen LogP contribution in [0.3, 0.4) is 0 Å². The minimum Gasteiger partial charge on any atom is -0.490 e. The summed E-state index contributed by atoms with van der Waals surface area (Å²) in [6, 6.07) is 7.30. The SMILES string of the molecule is C[C@@H]1CN([C@H](C)CO)C(=O)c2cc(NS(=O)(=O)c3cn(C)cn3)ccc2O[C@@H](C)CCCCO[C@H]1CN(C)C(=O)Nc1ccc(C(F)(F)F)cc1. The predicted molar refractivity (Wildman–Crippen MR) is 184 cm³/mol. The number of nitrogens with one attached hydrogen (secondary N) is 2. The summed E-state index contributed by atoms with van der Waals surface area (Å²) in [6.07, 6.45) is -0.673. The first-order chi connectivity index (χ1) is 24.0. The van der Waals surface area contributed by atoms with Crippen LogP contribution >= 0.6 is 0 Å². The average Bonchev–Trinajstić information content (AvgIpc) is 3.53. The van der Waals surface area contributed by atoms with Gasteiger partial charge in [0.15, 0.2) is 5.03 Å². The number of carbonyl (C=O) groups excluding carboxylic acids is 2. The quantitative estimate of drug-likeness (QED) is 0.285. The first-order valence-corrected chi connectivity index (χ1v) is 18.0. The second-order valence-electron chi connectivity index (χ2n) is 12.9. The number of aryl methyl sites for hydroxylation is 1. The second kappa shape index (κ2) is 16.8. The molecule has 0 unspecified atom stereocenters. The number of aliphatic hydroxyl groups is 1. The number of amides is 3. The van der Waals surface area contributed by atoms with Crippen LogP contribution in [0.5, 0.6) is 5.75 Å². The Balaban J connectivity index is 1.59. The molecule has 3 amide bonds. The van der Waals surface area contributed by atoms with Crippen molar-refractivity contribution < 1.29 is 45.8 Å². The minimum atomic E-state index is -4.51. The fourth-order valence-corrected chi connectivity index (χ4v) is 6.53. The summed E-state index contributed by atoms with van der Waals surface area (Å²) in [5.74, 6) is -0.657. The Morgan fingerprint density at radius 2 is 1.82 bits per heavy atom. The van der Waals surface area contributed by atoms with Gasteiger partial charge in [-0.2, -0.15) is 21.6 Å².